The van der Waals surface area contributed by atoms with Gasteiger partial charge >= 0.3 is 5.97 Å². The van der Waals surface area contributed by atoms with Gasteiger partial charge in [-0.15, -0.1) is 0 Å². The number of carbonyl (C=O) groups is 2. The van der Waals surface area contributed by atoms with Crippen molar-refractivity contribution < 1.29 is 14.7 Å². The molecule has 2 unspecified atom stereocenters. The van der Waals surface area contributed by atoms with Gasteiger partial charge in [-0.3, -0.25) is 4.79 Å². The summed E-state index contributed by atoms with van der Waals surface area (Å²) in [6.07, 6.45) is 0.249. The van der Waals surface area contributed by atoms with E-state index in [1.807, 2.05) is 6.07 Å². The molecule has 92 valence electrons. The fraction of sp³-hybridized carbons (Fsp3) is 0.333. The van der Waals surface area contributed by atoms with Crippen molar-refractivity contribution in [2.24, 2.45) is 0 Å². The van der Waals surface area contributed by atoms with Crippen LogP contribution in [0.4, 0.5) is 0 Å². The summed E-state index contributed by atoms with van der Waals surface area (Å²) in [7, 11) is 0. The highest BCUT2D eigenvalue weighted by Gasteiger charge is 2.27. The van der Waals surface area contributed by atoms with Crippen LogP contribution in [0.25, 0.3) is 0 Å². The second kappa shape index (κ2) is 6.30. The molecule has 4 nitrogen and oxygen atoms in total. The van der Waals surface area contributed by atoms with Crippen LogP contribution < -0.4 is 5.32 Å². The summed E-state index contributed by atoms with van der Waals surface area (Å²) in [5.74, 6) is -1.39. The van der Waals surface area contributed by atoms with Gasteiger partial charge in [0.25, 0.3) is 0 Å². The smallest absolute Gasteiger partial charge is 0.327 e. The van der Waals surface area contributed by atoms with Crippen molar-refractivity contribution >= 4 is 24.5 Å². The predicted octanol–water partition coefficient (Wildman–Crippen LogP) is 1.64. The van der Waals surface area contributed by atoms with Crippen LogP contribution in [0.15, 0.2) is 30.3 Å². The average Bonchev–Trinajstić information content (AvgIpc) is 2.35. The minimum atomic E-state index is -1.09. The Morgan fingerprint density at radius 3 is 2.41 bits per heavy atom. The van der Waals surface area contributed by atoms with Crippen molar-refractivity contribution in [2.45, 2.75) is 24.6 Å². The van der Waals surface area contributed by atoms with Crippen LogP contribution in [0.2, 0.25) is 0 Å². The number of amides is 1. The minimum absolute atomic E-state index is 0.249. The SMILES string of the molecule is CCC(=O)NC(C(=O)O)C(S)c1ccccc1. The van der Waals surface area contributed by atoms with Gasteiger partial charge in [0, 0.05) is 6.42 Å². The topological polar surface area (TPSA) is 66.4 Å². The van der Waals surface area contributed by atoms with E-state index in [0.29, 0.717) is 0 Å². The van der Waals surface area contributed by atoms with Crippen LogP contribution in [0.1, 0.15) is 24.2 Å². The van der Waals surface area contributed by atoms with E-state index >= 15 is 0 Å². The second-order valence-electron chi connectivity index (χ2n) is 3.59. The molecule has 5 heteroatoms. The predicted molar refractivity (Wildman–Crippen MR) is 68.0 cm³/mol. The zero-order valence-electron chi connectivity index (χ0n) is 9.46. The Balaban J connectivity index is 2.84. The van der Waals surface area contributed by atoms with Gasteiger partial charge in [0.1, 0.15) is 6.04 Å². The Morgan fingerprint density at radius 1 is 1.35 bits per heavy atom. The summed E-state index contributed by atoms with van der Waals surface area (Å²) < 4.78 is 0. The zero-order valence-corrected chi connectivity index (χ0v) is 10.4. The Morgan fingerprint density at radius 2 is 1.94 bits per heavy atom. The van der Waals surface area contributed by atoms with Crippen LogP contribution in [0.3, 0.4) is 0 Å². The highest BCUT2D eigenvalue weighted by atomic mass is 32.1. The van der Waals surface area contributed by atoms with Gasteiger partial charge in [-0.1, -0.05) is 37.3 Å². The maximum absolute atomic E-state index is 11.3. The quantitative estimate of drug-likeness (QED) is 0.699. The highest BCUT2D eigenvalue weighted by Crippen LogP contribution is 2.23. The van der Waals surface area contributed by atoms with E-state index in [0.717, 1.165) is 5.56 Å². The molecule has 1 aromatic carbocycles. The molecule has 1 amide bonds. The highest BCUT2D eigenvalue weighted by molar-refractivity contribution is 7.80. The lowest BCUT2D eigenvalue weighted by Crippen LogP contribution is -2.43. The lowest BCUT2D eigenvalue weighted by molar-refractivity contribution is -0.141. The van der Waals surface area contributed by atoms with Crippen molar-refractivity contribution in [3.8, 4) is 0 Å². The molecule has 0 aromatic heterocycles. The first kappa shape index (κ1) is 13.6. The number of carbonyl (C=O) groups excluding carboxylic acids is 1. The van der Waals surface area contributed by atoms with Crippen LogP contribution in [-0.4, -0.2) is 23.0 Å². The van der Waals surface area contributed by atoms with Crippen LogP contribution in [-0.2, 0) is 9.59 Å². The van der Waals surface area contributed by atoms with Crippen molar-refractivity contribution in [1.29, 1.82) is 0 Å². The van der Waals surface area contributed by atoms with Crippen molar-refractivity contribution in [3.63, 3.8) is 0 Å². The third-order valence-electron chi connectivity index (χ3n) is 2.36. The molecule has 0 saturated carbocycles. The molecule has 0 fully saturated rings. The van der Waals surface area contributed by atoms with Crippen LogP contribution in [0.5, 0.6) is 0 Å². The number of rotatable bonds is 5. The average molecular weight is 253 g/mol. The Hall–Kier alpha value is -1.49. The van der Waals surface area contributed by atoms with Crippen molar-refractivity contribution in [1.82, 2.24) is 5.32 Å². The maximum Gasteiger partial charge on any atom is 0.327 e. The van der Waals surface area contributed by atoms with Gasteiger partial charge < -0.3 is 10.4 Å². The molecule has 1 aromatic rings. The number of aliphatic carboxylic acids is 1. The largest absolute Gasteiger partial charge is 0.480 e. The number of nitrogens with one attached hydrogen (secondary N) is 1. The van der Waals surface area contributed by atoms with E-state index in [1.165, 1.54) is 0 Å². The molecule has 17 heavy (non-hydrogen) atoms. The minimum Gasteiger partial charge on any atom is -0.480 e. The van der Waals surface area contributed by atoms with Gasteiger partial charge in [0.05, 0.1) is 5.25 Å². The molecule has 2 N–H and O–H groups in total. The summed E-state index contributed by atoms with van der Waals surface area (Å²) in [4.78, 5) is 22.4. The Labute approximate surface area is 105 Å². The number of benzene rings is 1. The van der Waals surface area contributed by atoms with Crippen LogP contribution >= 0.6 is 12.6 Å². The van der Waals surface area contributed by atoms with Gasteiger partial charge in [-0.05, 0) is 5.56 Å². The Bertz CT molecular complexity index is 394. The van der Waals surface area contributed by atoms with Crippen molar-refractivity contribution in [2.75, 3.05) is 0 Å². The summed E-state index contributed by atoms with van der Waals surface area (Å²) in [6.45, 7) is 1.67. The van der Waals surface area contributed by atoms with E-state index < -0.39 is 17.3 Å². The summed E-state index contributed by atoms with van der Waals surface area (Å²) >= 11 is 4.27. The number of hydrogen-bond acceptors (Lipinski definition) is 3. The first-order valence-electron chi connectivity index (χ1n) is 5.31. The summed E-state index contributed by atoms with van der Waals surface area (Å²) in [5.41, 5.74) is 0.764. The zero-order chi connectivity index (χ0) is 12.8. The van der Waals surface area contributed by atoms with Gasteiger partial charge in [0.15, 0.2) is 0 Å². The molecule has 0 spiro atoms. The van der Waals surface area contributed by atoms with E-state index in [4.69, 9.17) is 5.11 Å². The van der Waals surface area contributed by atoms with Crippen LogP contribution in [0, 0.1) is 0 Å². The summed E-state index contributed by atoms with van der Waals surface area (Å²) in [6, 6.07) is 7.99. The lowest BCUT2D eigenvalue weighted by atomic mass is 10.1. The number of carboxylic acids is 1. The lowest BCUT2D eigenvalue weighted by Gasteiger charge is -2.20. The second-order valence-corrected chi connectivity index (χ2v) is 4.15. The first-order valence-corrected chi connectivity index (χ1v) is 5.83. The molecular weight excluding hydrogens is 238 g/mol. The molecule has 0 heterocycles. The first-order chi connectivity index (χ1) is 8.06. The normalized spacial score (nSPS) is 13.8. The maximum atomic E-state index is 11.3. The molecule has 0 radical (unpaired) electrons. The molecule has 0 aliphatic carbocycles. The van der Waals surface area contributed by atoms with Crippen molar-refractivity contribution in [3.05, 3.63) is 35.9 Å². The van der Waals surface area contributed by atoms with E-state index in [2.05, 4.69) is 17.9 Å². The standard InChI is InChI=1S/C12H15NO3S/c1-2-9(14)13-10(12(15)16)11(17)8-6-4-3-5-7-8/h3-7,10-11,17H,2H2,1H3,(H,13,14)(H,15,16). The van der Waals surface area contributed by atoms with E-state index in [9.17, 15) is 9.59 Å². The Kier molecular flexibility index (Phi) is 5.03. The van der Waals surface area contributed by atoms with E-state index in [1.54, 1.807) is 31.2 Å². The number of thiol groups is 1. The molecule has 0 saturated heterocycles. The fourth-order valence-corrected chi connectivity index (χ4v) is 1.77. The third-order valence-corrected chi connectivity index (χ3v) is 2.96. The number of hydrogen-bond donors (Lipinski definition) is 3. The monoisotopic (exact) mass is 253 g/mol. The van der Waals surface area contributed by atoms with Gasteiger partial charge in [0.2, 0.25) is 5.91 Å². The molecule has 0 aliphatic heterocycles. The third kappa shape index (κ3) is 3.78. The molecule has 2 atom stereocenters. The van der Waals surface area contributed by atoms with Gasteiger partial charge in [-0.2, -0.15) is 12.6 Å². The number of carboxylic acid groups (broad SMARTS) is 1. The molecule has 1 rings (SSSR count). The summed E-state index contributed by atoms with van der Waals surface area (Å²) in [5, 5.41) is 11.0. The van der Waals surface area contributed by atoms with E-state index in [-0.39, 0.29) is 12.3 Å². The molecule has 0 aliphatic rings. The van der Waals surface area contributed by atoms with Gasteiger partial charge in [-0.25, -0.2) is 4.79 Å². The molecule has 0 bridgehead atoms. The fourth-order valence-electron chi connectivity index (χ4n) is 1.39. The molecular formula is C12H15NO3S.